The molecule has 0 saturated carbocycles. The van der Waals surface area contributed by atoms with Crippen LogP contribution in [0.15, 0.2) is 18.2 Å². The van der Waals surface area contributed by atoms with E-state index >= 15 is 0 Å². The van der Waals surface area contributed by atoms with E-state index in [9.17, 15) is 14.4 Å². The average molecular weight is 232 g/mol. The van der Waals surface area contributed by atoms with Crippen molar-refractivity contribution in [3.63, 3.8) is 0 Å². The normalized spacial score (nSPS) is 9.06. The van der Waals surface area contributed by atoms with Gasteiger partial charge in [-0.1, -0.05) is 12.1 Å². The van der Waals surface area contributed by atoms with E-state index in [1.807, 2.05) is 0 Å². The van der Waals surface area contributed by atoms with E-state index in [1.54, 1.807) is 0 Å². The summed E-state index contributed by atoms with van der Waals surface area (Å²) in [6, 6.07) is 3.78. The first kappa shape index (κ1) is 14.8. The molecule has 0 unspecified atom stereocenters. The van der Waals surface area contributed by atoms with Crippen molar-refractivity contribution in [2.75, 3.05) is 0 Å². The fraction of sp³-hybridized carbons (Fsp3) is 0.100. The predicted molar refractivity (Wildman–Crippen MR) is 51.5 cm³/mol. The molecule has 80 valence electrons. The first-order valence-electron chi connectivity index (χ1n) is 4.05. The summed E-state index contributed by atoms with van der Waals surface area (Å²) in [7, 11) is 0. The summed E-state index contributed by atoms with van der Waals surface area (Å²) >= 11 is 0. The van der Waals surface area contributed by atoms with Gasteiger partial charge < -0.3 is 11.6 Å². The molecule has 0 aromatic heterocycles. The molecule has 1 rings (SSSR count). The van der Waals surface area contributed by atoms with Crippen LogP contribution in [0.5, 0.6) is 0 Å². The van der Waals surface area contributed by atoms with Crippen molar-refractivity contribution >= 4 is 17.7 Å². The quantitative estimate of drug-likeness (QED) is 0.484. The Hall–Kier alpha value is -1.17. The molecule has 1 aromatic rings. The summed E-state index contributed by atoms with van der Waals surface area (Å²) < 4.78 is 0. The molecule has 0 aliphatic heterocycles. The molecule has 0 aliphatic carbocycles. The number of carboxylic acids is 2. The van der Waals surface area contributed by atoms with E-state index in [-0.39, 0.29) is 42.1 Å². The molecule has 0 radical (unpaired) electrons. The Kier molecular flexibility index (Phi) is 5.37. The van der Waals surface area contributed by atoms with Gasteiger partial charge in [-0.3, -0.25) is 4.79 Å². The average Bonchev–Trinajstić information content (AvgIpc) is 2.16. The molecular weight excluding hydrogens is 223 g/mol. The third-order valence-electron chi connectivity index (χ3n) is 1.89. The molecule has 0 aliphatic rings. The summed E-state index contributed by atoms with van der Waals surface area (Å²) in [5.74, 6) is -3.26. The van der Waals surface area contributed by atoms with Gasteiger partial charge in [0.25, 0.3) is 0 Å². The van der Waals surface area contributed by atoms with Crippen LogP contribution in [0, 0.1) is 0 Å². The maximum atomic E-state index is 11.1. The van der Waals surface area contributed by atoms with E-state index < -0.39 is 23.3 Å². The summed E-state index contributed by atoms with van der Waals surface area (Å²) in [5, 5.41) is 17.6. The predicted octanol–water partition coefficient (Wildman–Crippen LogP) is -1.60. The smallest absolute Gasteiger partial charge is 1.00 e. The Labute approximate surface area is 115 Å². The third kappa shape index (κ3) is 2.91. The molecule has 0 atom stereocenters. The zero-order valence-electron chi connectivity index (χ0n) is 9.85. The summed E-state index contributed by atoms with van der Waals surface area (Å²) in [6.45, 7) is 1.19. The van der Waals surface area contributed by atoms with Gasteiger partial charge >= 0.3 is 41.5 Å². The molecule has 0 fully saturated rings. The Morgan fingerprint density at radius 3 is 1.94 bits per heavy atom. The molecular formula is C10H9NaO5. The van der Waals surface area contributed by atoms with Crippen molar-refractivity contribution in [3.05, 3.63) is 34.9 Å². The van der Waals surface area contributed by atoms with Crippen LogP contribution in [0.3, 0.4) is 0 Å². The van der Waals surface area contributed by atoms with Crippen LogP contribution < -0.4 is 29.6 Å². The standard InChI is InChI=1S/C10H8O5.Na.H/c1-5(11)6-3-2-4-7(9(12)13)8(6)10(14)15;;/h2-4H,1H3,(H,12,13)(H,14,15);;/q;+1;-1. The zero-order valence-corrected chi connectivity index (χ0v) is 10.9. The Balaban J connectivity index is 0. The van der Waals surface area contributed by atoms with Gasteiger partial charge in [0.1, 0.15) is 0 Å². The topological polar surface area (TPSA) is 91.7 Å². The monoisotopic (exact) mass is 232 g/mol. The molecule has 0 spiro atoms. The minimum absolute atomic E-state index is 0. The van der Waals surface area contributed by atoms with Gasteiger partial charge in [0.05, 0.1) is 11.1 Å². The van der Waals surface area contributed by atoms with Crippen LogP contribution in [0.25, 0.3) is 0 Å². The minimum atomic E-state index is -1.42. The van der Waals surface area contributed by atoms with E-state index in [1.165, 1.54) is 19.1 Å². The van der Waals surface area contributed by atoms with Crippen molar-refractivity contribution in [2.45, 2.75) is 6.92 Å². The molecule has 0 saturated heterocycles. The number of carboxylic acid groups (broad SMARTS) is 2. The largest absolute Gasteiger partial charge is 1.00 e. The number of aromatic carboxylic acids is 2. The van der Waals surface area contributed by atoms with Gasteiger partial charge in [-0.2, -0.15) is 0 Å². The maximum absolute atomic E-state index is 11.1. The fourth-order valence-corrected chi connectivity index (χ4v) is 1.25. The van der Waals surface area contributed by atoms with Gasteiger partial charge in [0.2, 0.25) is 0 Å². The van der Waals surface area contributed by atoms with Crippen LogP contribution in [-0.4, -0.2) is 27.9 Å². The molecule has 0 bridgehead atoms. The number of carbonyl (C=O) groups excluding carboxylic acids is 1. The first-order valence-corrected chi connectivity index (χ1v) is 4.05. The molecule has 5 nitrogen and oxygen atoms in total. The van der Waals surface area contributed by atoms with Crippen molar-refractivity contribution in [1.82, 2.24) is 0 Å². The molecule has 2 N–H and O–H groups in total. The Morgan fingerprint density at radius 2 is 1.56 bits per heavy atom. The first-order chi connectivity index (χ1) is 6.95. The molecule has 0 heterocycles. The van der Waals surface area contributed by atoms with Gasteiger partial charge in [0.15, 0.2) is 5.78 Å². The van der Waals surface area contributed by atoms with Gasteiger partial charge in [-0.05, 0) is 13.0 Å². The fourth-order valence-electron chi connectivity index (χ4n) is 1.25. The second-order valence-corrected chi connectivity index (χ2v) is 2.89. The number of rotatable bonds is 3. The third-order valence-corrected chi connectivity index (χ3v) is 1.89. The molecule has 16 heavy (non-hydrogen) atoms. The second-order valence-electron chi connectivity index (χ2n) is 2.89. The van der Waals surface area contributed by atoms with Gasteiger partial charge in [-0.25, -0.2) is 9.59 Å². The van der Waals surface area contributed by atoms with Crippen molar-refractivity contribution in [2.24, 2.45) is 0 Å². The van der Waals surface area contributed by atoms with Crippen LogP contribution in [0.4, 0.5) is 0 Å². The van der Waals surface area contributed by atoms with Crippen LogP contribution in [0.1, 0.15) is 39.4 Å². The summed E-state index contributed by atoms with van der Waals surface area (Å²) in [5.41, 5.74) is -0.935. The SMILES string of the molecule is CC(=O)c1cccc(C(=O)O)c1C(=O)O.[H-].[Na+]. The van der Waals surface area contributed by atoms with Gasteiger partial charge in [-0.15, -0.1) is 0 Å². The number of hydrogen-bond acceptors (Lipinski definition) is 3. The number of carbonyl (C=O) groups is 3. The number of benzene rings is 1. The summed E-state index contributed by atoms with van der Waals surface area (Å²) in [6.07, 6.45) is 0. The zero-order chi connectivity index (χ0) is 11.6. The molecule has 1 aromatic carbocycles. The Morgan fingerprint density at radius 1 is 1.06 bits per heavy atom. The number of ketones is 1. The van der Waals surface area contributed by atoms with E-state index in [2.05, 4.69) is 0 Å². The van der Waals surface area contributed by atoms with Crippen molar-refractivity contribution in [3.8, 4) is 0 Å². The second kappa shape index (κ2) is 5.79. The van der Waals surface area contributed by atoms with E-state index in [0.717, 1.165) is 6.07 Å². The number of hydrogen-bond donors (Lipinski definition) is 2. The Bertz CT molecular complexity index is 426. The molecule has 6 heteroatoms. The van der Waals surface area contributed by atoms with Crippen molar-refractivity contribution in [1.29, 1.82) is 0 Å². The van der Waals surface area contributed by atoms with Crippen LogP contribution >= 0.6 is 0 Å². The van der Waals surface area contributed by atoms with E-state index in [0.29, 0.717) is 0 Å². The van der Waals surface area contributed by atoms with Crippen LogP contribution in [-0.2, 0) is 0 Å². The van der Waals surface area contributed by atoms with E-state index in [4.69, 9.17) is 10.2 Å². The van der Waals surface area contributed by atoms with Gasteiger partial charge in [0, 0.05) is 5.56 Å². The maximum Gasteiger partial charge on any atom is 1.00 e. The number of Topliss-reactive ketones (excluding diaryl/α,β-unsaturated/α-hetero) is 1. The van der Waals surface area contributed by atoms with Crippen molar-refractivity contribution < 1.29 is 55.6 Å². The molecule has 0 amide bonds. The van der Waals surface area contributed by atoms with Crippen LogP contribution in [0.2, 0.25) is 0 Å². The summed E-state index contributed by atoms with van der Waals surface area (Å²) in [4.78, 5) is 32.7. The minimum Gasteiger partial charge on any atom is -1.00 e.